The van der Waals surface area contributed by atoms with Gasteiger partial charge in [-0.1, -0.05) is 18.2 Å². The second-order valence-corrected chi connectivity index (χ2v) is 7.02. The van der Waals surface area contributed by atoms with Crippen LogP contribution in [0.15, 0.2) is 36.4 Å². The Labute approximate surface area is 161 Å². The number of hydrogen-bond donors (Lipinski definition) is 3. The van der Waals surface area contributed by atoms with Crippen LogP contribution < -0.4 is 25.8 Å². The number of aryl methyl sites for hydroxylation is 1. The first-order chi connectivity index (χ1) is 13.4. The minimum absolute atomic E-state index is 0.0639. The third kappa shape index (κ3) is 3.32. The van der Waals surface area contributed by atoms with Crippen LogP contribution in [-0.4, -0.2) is 31.5 Å². The average molecular weight is 384 g/mol. The number of amides is 2. The van der Waals surface area contributed by atoms with Gasteiger partial charge in [0.05, 0.1) is 11.4 Å². The number of halogens is 1. The maximum atomic E-state index is 13.5. The third-order valence-corrected chi connectivity index (χ3v) is 5.13. The summed E-state index contributed by atoms with van der Waals surface area (Å²) >= 11 is 0. The van der Waals surface area contributed by atoms with Crippen molar-refractivity contribution in [3.8, 4) is 5.75 Å². The Bertz CT molecular complexity index is 949. The van der Waals surface area contributed by atoms with E-state index in [0.29, 0.717) is 29.1 Å². The van der Waals surface area contributed by atoms with Crippen molar-refractivity contribution in [3.63, 3.8) is 0 Å². The summed E-state index contributed by atoms with van der Waals surface area (Å²) in [6, 6.07) is 9.64. The minimum Gasteiger partial charge on any atom is -0.479 e. The lowest BCUT2D eigenvalue weighted by molar-refractivity contribution is -0.121. The van der Waals surface area contributed by atoms with Crippen LogP contribution in [0.2, 0.25) is 0 Å². The van der Waals surface area contributed by atoms with Crippen LogP contribution in [-0.2, 0) is 9.59 Å². The molecule has 7 nitrogen and oxygen atoms in total. The summed E-state index contributed by atoms with van der Waals surface area (Å²) in [5.41, 5.74) is 8.71. The predicted molar refractivity (Wildman–Crippen MR) is 103 cm³/mol. The Morgan fingerprint density at radius 1 is 1.29 bits per heavy atom. The number of carbonyl (C=O) groups excluding carboxylic acids is 2. The van der Waals surface area contributed by atoms with E-state index in [-0.39, 0.29) is 30.3 Å². The van der Waals surface area contributed by atoms with Crippen LogP contribution in [0.4, 0.5) is 15.8 Å². The first kappa shape index (κ1) is 18.4. The maximum absolute atomic E-state index is 13.5. The number of ether oxygens (including phenoxy) is 1. The molecule has 28 heavy (non-hydrogen) atoms. The second kappa shape index (κ2) is 7.21. The molecule has 0 radical (unpaired) electrons. The van der Waals surface area contributed by atoms with Crippen LogP contribution in [0.1, 0.15) is 23.6 Å². The molecule has 2 amide bonds. The number of fused-ring (bicyclic) bond motifs is 1. The number of nitrogens with zero attached hydrogens (tertiary/aromatic N) is 1. The van der Waals surface area contributed by atoms with E-state index in [1.54, 1.807) is 44.3 Å². The third-order valence-electron chi connectivity index (χ3n) is 5.13. The van der Waals surface area contributed by atoms with Crippen molar-refractivity contribution in [2.24, 2.45) is 0 Å². The maximum Gasteiger partial charge on any atom is 0.264 e. The van der Waals surface area contributed by atoms with Gasteiger partial charge in [0.2, 0.25) is 5.91 Å². The lowest BCUT2D eigenvalue weighted by Crippen LogP contribution is -2.40. The lowest BCUT2D eigenvalue weighted by atomic mass is 10.00. The Kier molecular flexibility index (Phi) is 4.74. The van der Waals surface area contributed by atoms with Gasteiger partial charge in [-0.25, -0.2) is 15.2 Å². The van der Waals surface area contributed by atoms with Crippen LogP contribution in [0.25, 0.3) is 0 Å². The van der Waals surface area contributed by atoms with Gasteiger partial charge >= 0.3 is 0 Å². The number of nitrogens with one attached hydrogen (secondary N) is 3. The molecular weight excluding hydrogens is 363 g/mol. The molecule has 1 fully saturated rings. The van der Waals surface area contributed by atoms with Crippen LogP contribution >= 0.6 is 0 Å². The second-order valence-electron chi connectivity index (χ2n) is 7.02. The van der Waals surface area contributed by atoms with Crippen LogP contribution in [0, 0.1) is 12.7 Å². The zero-order chi connectivity index (χ0) is 19.8. The van der Waals surface area contributed by atoms with Crippen molar-refractivity contribution in [2.45, 2.75) is 25.4 Å². The van der Waals surface area contributed by atoms with E-state index in [9.17, 15) is 14.0 Å². The number of anilines is 2. The molecular formula is C20H21FN4O3. The summed E-state index contributed by atoms with van der Waals surface area (Å²) < 4.78 is 19.0. The van der Waals surface area contributed by atoms with E-state index in [2.05, 4.69) is 16.2 Å². The number of rotatable bonds is 3. The van der Waals surface area contributed by atoms with Gasteiger partial charge < -0.3 is 15.0 Å². The molecule has 2 heterocycles. The van der Waals surface area contributed by atoms with E-state index in [1.807, 2.05) is 0 Å². The molecule has 0 saturated carbocycles. The topological polar surface area (TPSA) is 82.7 Å². The van der Waals surface area contributed by atoms with Gasteiger partial charge in [0.25, 0.3) is 5.91 Å². The summed E-state index contributed by atoms with van der Waals surface area (Å²) in [5.74, 6) is -0.128. The molecule has 2 aromatic carbocycles. The van der Waals surface area contributed by atoms with Crippen molar-refractivity contribution in [1.82, 2.24) is 10.9 Å². The van der Waals surface area contributed by atoms with E-state index in [0.717, 1.165) is 5.56 Å². The van der Waals surface area contributed by atoms with Gasteiger partial charge in [-0.15, -0.1) is 0 Å². The van der Waals surface area contributed by atoms with E-state index in [1.165, 1.54) is 11.0 Å². The smallest absolute Gasteiger partial charge is 0.264 e. The zero-order valence-electron chi connectivity index (χ0n) is 15.6. The highest BCUT2D eigenvalue weighted by molar-refractivity contribution is 6.02. The van der Waals surface area contributed by atoms with E-state index >= 15 is 0 Å². The number of hydrazine groups is 1. The molecule has 2 aliphatic rings. The van der Waals surface area contributed by atoms with Crippen LogP contribution in [0.3, 0.4) is 0 Å². The van der Waals surface area contributed by atoms with Crippen molar-refractivity contribution < 1.29 is 18.7 Å². The summed E-state index contributed by atoms with van der Waals surface area (Å²) in [6.07, 6.45) is 0.519. The van der Waals surface area contributed by atoms with Gasteiger partial charge in [0, 0.05) is 13.1 Å². The number of carbonyl (C=O) groups is 2. The molecule has 2 aromatic rings. The number of para-hydroxylation sites is 1. The monoisotopic (exact) mass is 384 g/mol. The number of likely N-dealkylation sites (N-methyl/N-ethyl adjacent to an activating group) is 1. The Balaban J connectivity index is 1.47. The molecule has 8 heteroatoms. The highest BCUT2D eigenvalue weighted by atomic mass is 19.1. The Morgan fingerprint density at radius 2 is 2.11 bits per heavy atom. The summed E-state index contributed by atoms with van der Waals surface area (Å²) in [7, 11) is 1.67. The number of benzene rings is 2. The van der Waals surface area contributed by atoms with Gasteiger partial charge in [-0.3, -0.25) is 9.59 Å². The van der Waals surface area contributed by atoms with Gasteiger partial charge in [-0.05, 0) is 42.7 Å². The molecule has 1 saturated heterocycles. The van der Waals surface area contributed by atoms with Gasteiger partial charge in [0.15, 0.2) is 12.4 Å². The molecule has 2 unspecified atom stereocenters. The summed E-state index contributed by atoms with van der Waals surface area (Å²) in [6.45, 7) is 1.65. The number of hydrogen-bond acceptors (Lipinski definition) is 5. The molecule has 0 aliphatic carbocycles. The molecule has 2 aliphatic heterocycles. The molecule has 4 rings (SSSR count). The van der Waals surface area contributed by atoms with Gasteiger partial charge in [-0.2, -0.15) is 0 Å². The van der Waals surface area contributed by atoms with Crippen molar-refractivity contribution in [2.75, 3.05) is 23.9 Å². The first-order valence-electron chi connectivity index (χ1n) is 9.04. The van der Waals surface area contributed by atoms with Gasteiger partial charge in [0.1, 0.15) is 11.9 Å². The fraction of sp³-hybridized carbons (Fsp3) is 0.300. The first-order valence-corrected chi connectivity index (χ1v) is 9.04. The SMILES string of the molecule is Cc1cc(C2CC(C(=O)Nc3cccc4c3OCC(=O)N4C)NN2)ccc1F. The van der Waals surface area contributed by atoms with Crippen molar-refractivity contribution in [1.29, 1.82) is 0 Å². The normalized spacial score (nSPS) is 21.2. The summed E-state index contributed by atoms with van der Waals surface area (Å²) in [4.78, 5) is 26.0. The Hall–Kier alpha value is -2.97. The molecule has 0 aromatic heterocycles. The van der Waals surface area contributed by atoms with Crippen molar-refractivity contribution >= 4 is 23.2 Å². The van der Waals surface area contributed by atoms with E-state index < -0.39 is 6.04 Å². The Morgan fingerprint density at radius 3 is 2.89 bits per heavy atom. The molecule has 3 N–H and O–H groups in total. The molecule has 2 atom stereocenters. The lowest BCUT2D eigenvalue weighted by Gasteiger charge is -2.27. The standard InChI is InChI=1S/C20H21FN4O3/c1-11-8-12(6-7-13(11)21)15-9-16(24-23-15)20(27)22-14-4-3-5-17-19(14)28-10-18(26)25(17)2/h3-8,15-16,23-24H,9-10H2,1-2H3,(H,22,27). The zero-order valence-corrected chi connectivity index (χ0v) is 15.6. The largest absolute Gasteiger partial charge is 0.479 e. The molecule has 146 valence electrons. The fourth-order valence-electron chi connectivity index (χ4n) is 3.46. The summed E-state index contributed by atoms with van der Waals surface area (Å²) in [5, 5.41) is 2.88. The average Bonchev–Trinajstić information content (AvgIpc) is 3.18. The highest BCUT2D eigenvalue weighted by Crippen LogP contribution is 2.38. The van der Waals surface area contributed by atoms with E-state index in [4.69, 9.17) is 4.74 Å². The highest BCUT2D eigenvalue weighted by Gasteiger charge is 2.32. The fourth-order valence-corrected chi connectivity index (χ4v) is 3.46. The molecule has 0 spiro atoms. The van der Waals surface area contributed by atoms with Crippen LogP contribution in [0.5, 0.6) is 5.75 Å². The van der Waals surface area contributed by atoms with Crippen molar-refractivity contribution in [3.05, 3.63) is 53.3 Å². The quantitative estimate of drug-likeness (QED) is 0.754. The predicted octanol–water partition coefficient (Wildman–Crippen LogP) is 2.04. The minimum atomic E-state index is -0.464. The molecule has 0 bridgehead atoms.